The molecule has 0 saturated heterocycles. The largest absolute Gasteiger partial charge is 0.393 e. The van der Waals surface area contributed by atoms with E-state index in [1.807, 2.05) is 0 Å². The zero-order chi connectivity index (χ0) is 16.3. The average Bonchev–Trinajstić information content (AvgIpc) is 3.10. The van der Waals surface area contributed by atoms with Crippen LogP contribution in [-0.4, -0.2) is 23.9 Å². The lowest BCUT2D eigenvalue weighted by atomic mass is 9.95. The summed E-state index contributed by atoms with van der Waals surface area (Å²) in [5, 5.41) is 9.91. The summed E-state index contributed by atoms with van der Waals surface area (Å²) in [5.41, 5.74) is 0. The molecule has 136 valence electrons. The third-order valence-electron chi connectivity index (χ3n) is 6.05. The van der Waals surface area contributed by atoms with E-state index in [4.69, 9.17) is 4.74 Å². The quantitative estimate of drug-likeness (QED) is 0.405. The van der Waals surface area contributed by atoms with E-state index in [0.717, 1.165) is 18.9 Å². The van der Waals surface area contributed by atoms with Crippen molar-refractivity contribution in [3.8, 4) is 0 Å². The summed E-state index contributed by atoms with van der Waals surface area (Å²) in [7, 11) is 0. The van der Waals surface area contributed by atoms with Gasteiger partial charge in [0.1, 0.15) is 0 Å². The van der Waals surface area contributed by atoms with E-state index in [1.54, 1.807) is 0 Å². The molecule has 2 heteroatoms. The monoisotopic (exact) mass is 324 g/mol. The number of hydrogen-bond acceptors (Lipinski definition) is 2. The maximum Gasteiger partial charge on any atom is 0.0630 e. The van der Waals surface area contributed by atoms with Crippen LogP contribution in [-0.2, 0) is 4.74 Å². The first kappa shape index (κ1) is 19.2. The Morgan fingerprint density at radius 3 is 1.83 bits per heavy atom. The number of hydrogen-bond donors (Lipinski definition) is 1. The maximum absolute atomic E-state index is 9.91. The normalized spacial score (nSPS) is 29.5. The summed E-state index contributed by atoms with van der Waals surface area (Å²) >= 11 is 0. The summed E-state index contributed by atoms with van der Waals surface area (Å²) in [6, 6.07) is 0. The molecule has 2 aliphatic rings. The number of aliphatic hydroxyl groups is 1. The second-order valence-corrected chi connectivity index (χ2v) is 8.10. The van der Waals surface area contributed by atoms with Gasteiger partial charge in [0, 0.05) is 12.5 Å². The SMILES string of the molecule is CCCCCCCCCCCCCCOC1CC2CC(O)C1C2. The third kappa shape index (κ3) is 7.13. The Bertz CT molecular complexity index is 292. The van der Waals surface area contributed by atoms with Gasteiger partial charge in [-0.2, -0.15) is 0 Å². The van der Waals surface area contributed by atoms with Crippen molar-refractivity contribution < 1.29 is 9.84 Å². The fourth-order valence-corrected chi connectivity index (χ4v) is 4.62. The van der Waals surface area contributed by atoms with E-state index in [0.29, 0.717) is 12.0 Å². The smallest absolute Gasteiger partial charge is 0.0630 e. The van der Waals surface area contributed by atoms with E-state index >= 15 is 0 Å². The van der Waals surface area contributed by atoms with Crippen molar-refractivity contribution in [2.24, 2.45) is 11.8 Å². The second-order valence-electron chi connectivity index (χ2n) is 8.10. The van der Waals surface area contributed by atoms with E-state index in [9.17, 15) is 5.11 Å². The molecule has 0 heterocycles. The predicted molar refractivity (Wildman–Crippen MR) is 97.7 cm³/mol. The summed E-state index contributed by atoms with van der Waals surface area (Å²) in [4.78, 5) is 0. The number of fused-ring (bicyclic) bond motifs is 2. The molecular formula is C21H40O2. The minimum absolute atomic E-state index is 0.0688. The predicted octanol–water partition coefficient (Wildman–Crippen LogP) is 5.86. The second kappa shape index (κ2) is 11.5. The minimum Gasteiger partial charge on any atom is -0.393 e. The van der Waals surface area contributed by atoms with Crippen LogP contribution in [0, 0.1) is 11.8 Å². The zero-order valence-corrected chi connectivity index (χ0v) is 15.5. The molecule has 0 aromatic carbocycles. The molecule has 2 saturated carbocycles. The lowest BCUT2D eigenvalue weighted by Gasteiger charge is -2.26. The average molecular weight is 325 g/mol. The van der Waals surface area contributed by atoms with Gasteiger partial charge in [0.25, 0.3) is 0 Å². The van der Waals surface area contributed by atoms with Gasteiger partial charge >= 0.3 is 0 Å². The first-order valence-corrected chi connectivity index (χ1v) is 10.6. The molecule has 0 radical (unpaired) electrons. The molecule has 2 fully saturated rings. The molecule has 0 aromatic rings. The van der Waals surface area contributed by atoms with Crippen LogP contribution in [0.25, 0.3) is 0 Å². The number of aliphatic hydroxyl groups excluding tert-OH is 1. The van der Waals surface area contributed by atoms with Gasteiger partial charge in [0.05, 0.1) is 12.2 Å². The molecule has 2 rings (SSSR count). The molecule has 4 atom stereocenters. The molecule has 23 heavy (non-hydrogen) atoms. The van der Waals surface area contributed by atoms with Gasteiger partial charge in [-0.3, -0.25) is 0 Å². The van der Waals surface area contributed by atoms with E-state index in [1.165, 1.54) is 89.9 Å². The molecule has 2 nitrogen and oxygen atoms in total. The zero-order valence-electron chi connectivity index (χ0n) is 15.5. The Morgan fingerprint density at radius 2 is 1.30 bits per heavy atom. The van der Waals surface area contributed by atoms with Crippen LogP contribution in [0.3, 0.4) is 0 Å². The van der Waals surface area contributed by atoms with Gasteiger partial charge in [0.15, 0.2) is 0 Å². The van der Waals surface area contributed by atoms with Crippen molar-refractivity contribution in [2.45, 2.75) is 115 Å². The van der Waals surface area contributed by atoms with Crippen molar-refractivity contribution in [3.05, 3.63) is 0 Å². The Labute approximate surface area is 144 Å². The standard InChI is InChI=1S/C21H40O2/c1-2-3-4-5-6-7-8-9-10-11-12-13-14-23-21-17-18-15-19(21)20(22)16-18/h18-22H,2-17H2,1H3. The van der Waals surface area contributed by atoms with Crippen LogP contribution in [0.1, 0.15) is 103 Å². The maximum atomic E-state index is 9.91. The van der Waals surface area contributed by atoms with Crippen LogP contribution in [0.4, 0.5) is 0 Å². The molecule has 0 aliphatic heterocycles. The van der Waals surface area contributed by atoms with E-state index in [-0.39, 0.29) is 6.10 Å². The molecule has 1 N–H and O–H groups in total. The summed E-state index contributed by atoms with van der Waals surface area (Å²) in [5.74, 6) is 1.21. The number of ether oxygens (including phenoxy) is 1. The molecule has 0 spiro atoms. The Balaban J connectivity index is 1.30. The van der Waals surface area contributed by atoms with Crippen molar-refractivity contribution in [2.75, 3.05) is 6.61 Å². The van der Waals surface area contributed by atoms with E-state index < -0.39 is 0 Å². The topological polar surface area (TPSA) is 29.5 Å². The van der Waals surface area contributed by atoms with Crippen LogP contribution >= 0.6 is 0 Å². The summed E-state index contributed by atoms with van der Waals surface area (Å²) in [6.45, 7) is 3.20. The highest BCUT2D eigenvalue weighted by molar-refractivity contribution is 4.96. The van der Waals surface area contributed by atoms with Crippen molar-refractivity contribution in [3.63, 3.8) is 0 Å². The van der Waals surface area contributed by atoms with Crippen LogP contribution in [0.5, 0.6) is 0 Å². The number of unbranched alkanes of at least 4 members (excludes halogenated alkanes) is 11. The lowest BCUT2D eigenvalue weighted by Crippen LogP contribution is -2.30. The van der Waals surface area contributed by atoms with Crippen LogP contribution in [0.2, 0.25) is 0 Å². The molecule has 2 bridgehead atoms. The van der Waals surface area contributed by atoms with Crippen molar-refractivity contribution >= 4 is 0 Å². The third-order valence-corrected chi connectivity index (χ3v) is 6.05. The summed E-state index contributed by atoms with van der Waals surface area (Å²) < 4.78 is 6.04. The van der Waals surface area contributed by atoms with Crippen molar-refractivity contribution in [1.29, 1.82) is 0 Å². The van der Waals surface area contributed by atoms with Crippen molar-refractivity contribution in [1.82, 2.24) is 0 Å². The highest BCUT2D eigenvalue weighted by Gasteiger charge is 2.45. The van der Waals surface area contributed by atoms with Gasteiger partial charge in [-0.1, -0.05) is 77.6 Å². The van der Waals surface area contributed by atoms with Gasteiger partial charge in [0.2, 0.25) is 0 Å². The van der Waals surface area contributed by atoms with Gasteiger partial charge in [-0.25, -0.2) is 0 Å². The number of rotatable bonds is 14. The van der Waals surface area contributed by atoms with Gasteiger partial charge in [-0.15, -0.1) is 0 Å². The van der Waals surface area contributed by atoms with Crippen LogP contribution < -0.4 is 0 Å². The Hall–Kier alpha value is -0.0800. The minimum atomic E-state index is -0.0688. The fourth-order valence-electron chi connectivity index (χ4n) is 4.62. The summed E-state index contributed by atoms with van der Waals surface area (Å²) in [6.07, 6.45) is 20.5. The Kier molecular flexibility index (Phi) is 9.60. The van der Waals surface area contributed by atoms with Gasteiger partial charge < -0.3 is 9.84 Å². The highest BCUT2D eigenvalue weighted by atomic mass is 16.5. The molecule has 2 aliphatic carbocycles. The molecule has 4 unspecified atom stereocenters. The van der Waals surface area contributed by atoms with Gasteiger partial charge in [-0.05, 0) is 31.6 Å². The van der Waals surface area contributed by atoms with E-state index in [2.05, 4.69) is 6.92 Å². The lowest BCUT2D eigenvalue weighted by molar-refractivity contribution is -0.0322. The highest BCUT2D eigenvalue weighted by Crippen LogP contribution is 2.46. The van der Waals surface area contributed by atoms with Crippen LogP contribution in [0.15, 0.2) is 0 Å². The first-order valence-electron chi connectivity index (χ1n) is 10.6. The Morgan fingerprint density at radius 1 is 0.739 bits per heavy atom. The fraction of sp³-hybridized carbons (Fsp3) is 1.00. The molecular weight excluding hydrogens is 284 g/mol. The molecule has 0 amide bonds. The molecule has 0 aromatic heterocycles. The first-order chi connectivity index (χ1) is 11.3.